The van der Waals surface area contributed by atoms with Gasteiger partial charge in [0.05, 0.1) is 18.1 Å². The topological polar surface area (TPSA) is 83.0 Å². The number of benzene rings is 2. The number of hydrogen-bond acceptors (Lipinski definition) is 4. The van der Waals surface area contributed by atoms with Crippen molar-refractivity contribution in [2.45, 2.75) is 38.4 Å². The monoisotopic (exact) mass is 452 g/mol. The average molecular weight is 453 g/mol. The van der Waals surface area contributed by atoms with Crippen LogP contribution in [0.25, 0.3) is 21.9 Å². The molecule has 0 saturated heterocycles. The third-order valence-electron chi connectivity index (χ3n) is 6.40. The van der Waals surface area contributed by atoms with E-state index in [0.717, 1.165) is 38.8 Å². The van der Waals surface area contributed by atoms with Crippen LogP contribution in [0.1, 0.15) is 36.8 Å². The van der Waals surface area contributed by atoms with Gasteiger partial charge in [0.2, 0.25) is 5.91 Å². The lowest BCUT2D eigenvalue weighted by atomic mass is 9.90. The summed E-state index contributed by atoms with van der Waals surface area (Å²) >= 11 is 0. The zero-order valence-electron chi connectivity index (χ0n) is 19.3. The first-order valence-electron chi connectivity index (χ1n) is 11.5. The average Bonchev–Trinajstić information content (AvgIpc) is 3.47. The molecule has 0 bridgehead atoms. The van der Waals surface area contributed by atoms with Crippen LogP contribution in [0.5, 0.6) is 0 Å². The smallest absolute Gasteiger partial charge is 0.240 e. The molecule has 2 atom stereocenters. The molecule has 172 valence electrons. The molecule has 0 spiro atoms. The van der Waals surface area contributed by atoms with Crippen LogP contribution in [0.3, 0.4) is 0 Å². The van der Waals surface area contributed by atoms with Gasteiger partial charge in [-0.2, -0.15) is 0 Å². The number of carbonyl (C=O) groups excluding carboxylic acids is 1. The fourth-order valence-corrected chi connectivity index (χ4v) is 4.38. The Morgan fingerprint density at radius 3 is 2.68 bits per heavy atom. The van der Waals surface area contributed by atoms with Gasteiger partial charge in [0.1, 0.15) is 11.3 Å². The molecule has 6 heteroatoms. The normalized spacial score (nSPS) is 14.2. The summed E-state index contributed by atoms with van der Waals surface area (Å²) in [5.41, 5.74) is 3.12. The van der Waals surface area contributed by atoms with Gasteiger partial charge in [0.15, 0.2) is 0 Å². The highest BCUT2D eigenvalue weighted by molar-refractivity contribution is 5.89. The lowest BCUT2D eigenvalue weighted by molar-refractivity contribution is -0.127. The van der Waals surface area contributed by atoms with Crippen LogP contribution in [0, 0.1) is 0 Å². The Morgan fingerprint density at radius 1 is 1.09 bits per heavy atom. The second-order valence-corrected chi connectivity index (χ2v) is 8.95. The van der Waals surface area contributed by atoms with Crippen LogP contribution < -0.4 is 10.6 Å². The third-order valence-corrected chi connectivity index (χ3v) is 6.40. The molecule has 34 heavy (non-hydrogen) atoms. The van der Waals surface area contributed by atoms with Crippen molar-refractivity contribution in [2.24, 2.45) is 0 Å². The number of hydrogen-bond donors (Lipinski definition) is 3. The highest BCUT2D eigenvalue weighted by Crippen LogP contribution is 2.25. The van der Waals surface area contributed by atoms with Gasteiger partial charge in [0, 0.05) is 41.3 Å². The Morgan fingerprint density at radius 2 is 1.85 bits per heavy atom. The Hall–Kier alpha value is -3.90. The van der Waals surface area contributed by atoms with Gasteiger partial charge in [-0.05, 0) is 55.3 Å². The number of furan rings is 1. The maximum Gasteiger partial charge on any atom is 0.240 e. The third kappa shape index (κ3) is 4.45. The molecule has 3 heterocycles. The van der Waals surface area contributed by atoms with E-state index in [1.54, 1.807) is 12.4 Å². The van der Waals surface area contributed by atoms with Crippen molar-refractivity contribution in [3.05, 3.63) is 102 Å². The fourth-order valence-electron chi connectivity index (χ4n) is 4.38. The predicted molar refractivity (Wildman–Crippen MR) is 134 cm³/mol. The van der Waals surface area contributed by atoms with Gasteiger partial charge in [-0.25, -0.2) is 0 Å². The first-order valence-corrected chi connectivity index (χ1v) is 11.5. The Bertz CT molecular complexity index is 1390. The molecule has 0 aliphatic heterocycles. The molecule has 0 radical (unpaired) electrons. The highest BCUT2D eigenvalue weighted by atomic mass is 16.3. The minimum atomic E-state index is -0.870. The number of aromatic amines is 1. The van der Waals surface area contributed by atoms with Crippen molar-refractivity contribution < 1.29 is 9.21 Å². The first-order chi connectivity index (χ1) is 16.5. The molecule has 0 aliphatic carbocycles. The van der Waals surface area contributed by atoms with Gasteiger partial charge in [-0.1, -0.05) is 36.4 Å². The van der Waals surface area contributed by atoms with Crippen LogP contribution >= 0.6 is 0 Å². The number of pyridine rings is 1. The van der Waals surface area contributed by atoms with Crippen molar-refractivity contribution in [1.82, 2.24) is 20.6 Å². The van der Waals surface area contributed by atoms with Crippen LogP contribution in [-0.2, 0) is 17.8 Å². The van der Waals surface area contributed by atoms with E-state index in [2.05, 4.69) is 26.7 Å². The SMILES string of the molecule is C[C@H](NC(=O)[C@@](C)(Cc1c[nH]c2ccccc12)NCc1cc2ccccc2o1)c1ccncc1. The number of aromatic nitrogens is 2. The largest absolute Gasteiger partial charge is 0.460 e. The Kier molecular flexibility index (Phi) is 5.90. The number of rotatable bonds is 8. The maximum absolute atomic E-state index is 13.7. The standard InChI is InChI=1S/C28H28N4O2/c1-19(20-11-13-29-14-12-20)32-27(33)28(2,16-22-17-30-25-9-5-4-8-24(22)25)31-18-23-15-21-7-3-6-10-26(21)34-23/h3-15,17,19,30-31H,16,18H2,1-2H3,(H,32,33)/t19-,28+/m0/s1. The summed E-state index contributed by atoms with van der Waals surface area (Å²) in [7, 11) is 0. The van der Waals surface area contributed by atoms with E-state index in [1.807, 2.05) is 80.7 Å². The van der Waals surface area contributed by atoms with E-state index in [1.165, 1.54) is 0 Å². The molecule has 5 aromatic rings. The summed E-state index contributed by atoms with van der Waals surface area (Å²) in [5.74, 6) is 0.722. The zero-order chi connectivity index (χ0) is 23.5. The molecular formula is C28H28N4O2. The maximum atomic E-state index is 13.7. The van der Waals surface area contributed by atoms with Gasteiger partial charge < -0.3 is 14.7 Å². The molecule has 3 N–H and O–H groups in total. The second-order valence-electron chi connectivity index (χ2n) is 8.95. The molecule has 0 aliphatic rings. The van der Waals surface area contributed by atoms with Crippen molar-refractivity contribution >= 4 is 27.8 Å². The second kappa shape index (κ2) is 9.15. The minimum Gasteiger partial charge on any atom is -0.460 e. The quantitative estimate of drug-likeness (QED) is 0.299. The van der Waals surface area contributed by atoms with Crippen LogP contribution in [0.4, 0.5) is 0 Å². The first kappa shape index (κ1) is 21.9. The number of nitrogens with zero attached hydrogens (tertiary/aromatic N) is 1. The molecule has 3 aromatic heterocycles. The minimum absolute atomic E-state index is 0.0711. The summed E-state index contributed by atoms with van der Waals surface area (Å²) in [4.78, 5) is 21.1. The molecule has 0 saturated carbocycles. The molecule has 5 rings (SSSR count). The zero-order valence-corrected chi connectivity index (χ0v) is 19.3. The molecule has 0 fully saturated rings. The van der Waals surface area contributed by atoms with Gasteiger partial charge in [-0.15, -0.1) is 0 Å². The number of para-hydroxylation sites is 2. The number of H-pyrrole nitrogens is 1. The van der Waals surface area contributed by atoms with Gasteiger partial charge >= 0.3 is 0 Å². The Labute approximate surface area is 198 Å². The van der Waals surface area contributed by atoms with Gasteiger partial charge in [0.25, 0.3) is 0 Å². The summed E-state index contributed by atoms with van der Waals surface area (Å²) in [6.45, 7) is 4.37. The highest BCUT2D eigenvalue weighted by Gasteiger charge is 2.35. The van der Waals surface area contributed by atoms with Crippen molar-refractivity contribution in [2.75, 3.05) is 0 Å². The number of fused-ring (bicyclic) bond motifs is 2. The van der Waals surface area contributed by atoms with E-state index in [0.29, 0.717) is 13.0 Å². The van der Waals surface area contributed by atoms with Gasteiger partial charge in [-0.3, -0.25) is 15.1 Å². The van der Waals surface area contributed by atoms with Crippen LogP contribution in [0.15, 0.2) is 89.7 Å². The summed E-state index contributed by atoms with van der Waals surface area (Å²) < 4.78 is 5.99. The summed E-state index contributed by atoms with van der Waals surface area (Å²) in [6, 6.07) is 21.8. The molecule has 1 amide bonds. The predicted octanol–water partition coefficient (Wildman–Crippen LogP) is 5.28. The Balaban J connectivity index is 1.41. The molecule has 0 unspecified atom stereocenters. The molecular weight excluding hydrogens is 424 g/mol. The van der Waals surface area contributed by atoms with E-state index >= 15 is 0 Å². The molecule has 6 nitrogen and oxygen atoms in total. The van der Waals surface area contributed by atoms with Crippen LogP contribution in [0.2, 0.25) is 0 Å². The summed E-state index contributed by atoms with van der Waals surface area (Å²) in [5, 5.41) is 8.86. The number of amides is 1. The van der Waals surface area contributed by atoms with E-state index < -0.39 is 5.54 Å². The van der Waals surface area contributed by atoms with E-state index in [9.17, 15) is 4.79 Å². The lowest BCUT2D eigenvalue weighted by Gasteiger charge is -2.31. The van der Waals surface area contributed by atoms with E-state index in [4.69, 9.17) is 4.42 Å². The van der Waals surface area contributed by atoms with Crippen molar-refractivity contribution in [3.63, 3.8) is 0 Å². The lowest BCUT2D eigenvalue weighted by Crippen LogP contribution is -2.56. The van der Waals surface area contributed by atoms with E-state index in [-0.39, 0.29) is 11.9 Å². The fraction of sp³-hybridized carbons (Fsp3) is 0.214. The number of carbonyl (C=O) groups is 1. The van der Waals surface area contributed by atoms with Crippen molar-refractivity contribution in [1.29, 1.82) is 0 Å². The van der Waals surface area contributed by atoms with Crippen molar-refractivity contribution in [3.8, 4) is 0 Å². The molecule has 2 aromatic carbocycles. The summed E-state index contributed by atoms with van der Waals surface area (Å²) in [6.07, 6.45) is 5.99. The number of nitrogens with one attached hydrogen (secondary N) is 3. The van der Waals surface area contributed by atoms with Crippen LogP contribution in [-0.4, -0.2) is 21.4 Å².